The molecule has 7 heteroatoms. The molecule has 7 nitrogen and oxygen atoms in total. The summed E-state index contributed by atoms with van der Waals surface area (Å²) in [6.07, 6.45) is -1.06. The fraction of sp³-hybridized carbons (Fsp3) is 0.263. The van der Waals surface area contributed by atoms with E-state index in [9.17, 15) is 14.4 Å². The van der Waals surface area contributed by atoms with E-state index in [0.29, 0.717) is 12.2 Å². The molecule has 1 aliphatic rings. The molecule has 3 amide bonds. The molecular formula is C19H19N3O4. The van der Waals surface area contributed by atoms with Crippen molar-refractivity contribution in [1.29, 1.82) is 0 Å². The maximum atomic E-state index is 12.4. The zero-order chi connectivity index (χ0) is 18.7. The van der Waals surface area contributed by atoms with Crippen LogP contribution in [-0.2, 0) is 9.53 Å². The summed E-state index contributed by atoms with van der Waals surface area (Å²) >= 11 is 0. The van der Waals surface area contributed by atoms with Crippen LogP contribution in [0.5, 0.6) is 0 Å². The van der Waals surface area contributed by atoms with Gasteiger partial charge in [0.05, 0.1) is 17.0 Å². The van der Waals surface area contributed by atoms with E-state index in [1.54, 1.807) is 19.1 Å². The standard InChI is InChI=1S/C19H19N3O4/c1-12-15(8-9-16(21-12)14-6-4-3-5-7-14)18(24)26-13(2)17(23)22-11-10-20-19(22)25/h3-9,13H,10-11H2,1-2H3,(H,20,25). The number of hydrogen-bond donors (Lipinski definition) is 1. The van der Waals surface area contributed by atoms with Crippen LogP contribution in [0, 0.1) is 6.92 Å². The van der Waals surface area contributed by atoms with Crippen molar-refractivity contribution in [3.63, 3.8) is 0 Å². The molecule has 0 saturated carbocycles. The average molecular weight is 353 g/mol. The lowest BCUT2D eigenvalue weighted by atomic mass is 10.1. The molecule has 1 unspecified atom stereocenters. The van der Waals surface area contributed by atoms with Gasteiger partial charge in [0.15, 0.2) is 6.10 Å². The van der Waals surface area contributed by atoms with E-state index in [1.165, 1.54) is 6.92 Å². The summed E-state index contributed by atoms with van der Waals surface area (Å²) in [4.78, 5) is 41.6. The zero-order valence-electron chi connectivity index (χ0n) is 14.6. The van der Waals surface area contributed by atoms with Crippen LogP contribution in [0.4, 0.5) is 4.79 Å². The van der Waals surface area contributed by atoms with Gasteiger partial charge in [-0.3, -0.25) is 14.7 Å². The third-order valence-corrected chi connectivity index (χ3v) is 4.13. The summed E-state index contributed by atoms with van der Waals surface area (Å²) in [5, 5.41) is 2.54. The Morgan fingerprint density at radius 3 is 2.54 bits per heavy atom. The number of nitrogens with one attached hydrogen (secondary N) is 1. The molecule has 1 saturated heterocycles. The van der Waals surface area contributed by atoms with Crippen LogP contribution >= 0.6 is 0 Å². The van der Waals surface area contributed by atoms with Crippen molar-refractivity contribution < 1.29 is 19.1 Å². The van der Waals surface area contributed by atoms with Gasteiger partial charge in [0.2, 0.25) is 0 Å². The molecule has 2 heterocycles. The molecule has 1 aliphatic heterocycles. The predicted molar refractivity (Wildman–Crippen MR) is 94.4 cm³/mol. The molecule has 2 aromatic rings. The third kappa shape index (κ3) is 3.56. The largest absolute Gasteiger partial charge is 0.449 e. The van der Waals surface area contributed by atoms with E-state index >= 15 is 0 Å². The Kier molecular flexibility index (Phi) is 4.97. The minimum Gasteiger partial charge on any atom is -0.449 e. The first-order valence-electron chi connectivity index (χ1n) is 8.30. The number of nitrogens with zero attached hydrogens (tertiary/aromatic N) is 2. The lowest BCUT2D eigenvalue weighted by molar-refractivity contribution is -0.136. The van der Waals surface area contributed by atoms with Gasteiger partial charge in [-0.25, -0.2) is 9.59 Å². The van der Waals surface area contributed by atoms with Gasteiger partial charge in [0.1, 0.15) is 0 Å². The second kappa shape index (κ2) is 7.35. The van der Waals surface area contributed by atoms with E-state index in [2.05, 4.69) is 10.3 Å². The number of hydrogen-bond acceptors (Lipinski definition) is 5. The lowest BCUT2D eigenvalue weighted by Gasteiger charge is -2.18. The molecule has 0 aliphatic carbocycles. The Balaban J connectivity index is 1.71. The van der Waals surface area contributed by atoms with Crippen molar-refractivity contribution >= 4 is 17.9 Å². The van der Waals surface area contributed by atoms with Gasteiger partial charge in [-0.15, -0.1) is 0 Å². The SMILES string of the molecule is Cc1nc(-c2ccccc2)ccc1C(=O)OC(C)C(=O)N1CCNC1=O. The van der Waals surface area contributed by atoms with E-state index in [-0.39, 0.29) is 12.1 Å². The first-order valence-corrected chi connectivity index (χ1v) is 8.30. The van der Waals surface area contributed by atoms with Crippen LogP contribution in [0.25, 0.3) is 11.3 Å². The Bertz CT molecular complexity index is 851. The van der Waals surface area contributed by atoms with Gasteiger partial charge in [0.25, 0.3) is 5.91 Å². The second-order valence-electron chi connectivity index (χ2n) is 5.96. The van der Waals surface area contributed by atoms with Crippen molar-refractivity contribution in [1.82, 2.24) is 15.2 Å². The number of urea groups is 1. The van der Waals surface area contributed by atoms with Gasteiger partial charge in [0, 0.05) is 18.7 Å². The summed E-state index contributed by atoms with van der Waals surface area (Å²) in [5.74, 6) is -1.19. The van der Waals surface area contributed by atoms with Crippen LogP contribution in [-0.4, -0.2) is 47.0 Å². The highest BCUT2D eigenvalue weighted by atomic mass is 16.5. The molecule has 26 heavy (non-hydrogen) atoms. The number of esters is 1. The minimum absolute atomic E-state index is 0.270. The Morgan fingerprint density at radius 2 is 1.92 bits per heavy atom. The van der Waals surface area contributed by atoms with Crippen LogP contribution in [0.3, 0.4) is 0 Å². The van der Waals surface area contributed by atoms with Crippen molar-refractivity contribution in [2.24, 2.45) is 0 Å². The van der Waals surface area contributed by atoms with Crippen molar-refractivity contribution in [2.75, 3.05) is 13.1 Å². The van der Waals surface area contributed by atoms with Crippen molar-refractivity contribution in [3.8, 4) is 11.3 Å². The van der Waals surface area contributed by atoms with Gasteiger partial charge in [-0.2, -0.15) is 0 Å². The maximum Gasteiger partial charge on any atom is 0.340 e. The average Bonchev–Trinajstić information content (AvgIpc) is 3.07. The number of pyridine rings is 1. The molecule has 3 rings (SSSR count). The highest BCUT2D eigenvalue weighted by Crippen LogP contribution is 2.19. The Labute approximate surface area is 151 Å². The number of amides is 3. The monoisotopic (exact) mass is 353 g/mol. The number of aromatic nitrogens is 1. The molecule has 1 N–H and O–H groups in total. The predicted octanol–water partition coefficient (Wildman–Crippen LogP) is 2.15. The van der Waals surface area contributed by atoms with Crippen LogP contribution < -0.4 is 5.32 Å². The number of benzene rings is 1. The number of carbonyl (C=O) groups excluding carboxylic acids is 3. The van der Waals surface area contributed by atoms with E-state index in [1.807, 2.05) is 30.3 Å². The lowest BCUT2D eigenvalue weighted by Crippen LogP contribution is -2.41. The summed E-state index contributed by atoms with van der Waals surface area (Å²) in [6.45, 7) is 3.83. The molecule has 1 fully saturated rings. The first kappa shape index (κ1) is 17.6. The Hall–Kier alpha value is -3.22. The maximum absolute atomic E-state index is 12.4. The molecule has 0 bridgehead atoms. The highest BCUT2D eigenvalue weighted by molar-refractivity contribution is 5.99. The smallest absolute Gasteiger partial charge is 0.340 e. The van der Waals surface area contributed by atoms with Gasteiger partial charge < -0.3 is 10.1 Å². The zero-order valence-corrected chi connectivity index (χ0v) is 14.6. The molecule has 0 spiro atoms. The number of imide groups is 1. The summed E-state index contributed by atoms with van der Waals surface area (Å²) in [5.41, 5.74) is 2.49. The fourth-order valence-corrected chi connectivity index (χ4v) is 2.72. The molecule has 1 aromatic carbocycles. The number of carbonyl (C=O) groups is 3. The second-order valence-corrected chi connectivity index (χ2v) is 5.96. The quantitative estimate of drug-likeness (QED) is 0.851. The summed E-state index contributed by atoms with van der Waals surface area (Å²) in [6, 6.07) is 12.5. The normalized spacial score (nSPS) is 14.7. The van der Waals surface area contributed by atoms with Crippen molar-refractivity contribution in [3.05, 3.63) is 53.7 Å². The highest BCUT2D eigenvalue weighted by Gasteiger charge is 2.32. The topological polar surface area (TPSA) is 88.6 Å². The summed E-state index contributed by atoms with van der Waals surface area (Å²) < 4.78 is 5.24. The number of rotatable bonds is 4. The van der Waals surface area contributed by atoms with Crippen LogP contribution in [0.2, 0.25) is 0 Å². The molecule has 134 valence electrons. The van der Waals surface area contributed by atoms with Gasteiger partial charge in [-0.05, 0) is 26.0 Å². The first-order chi connectivity index (χ1) is 12.5. The Morgan fingerprint density at radius 1 is 1.19 bits per heavy atom. The summed E-state index contributed by atoms with van der Waals surface area (Å²) in [7, 11) is 0. The van der Waals surface area contributed by atoms with E-state index < -0.39 is 24.0 Å². The van der Waals surface area contributed by atoms with Gasteiger partial charge in [-0.1, -0.05) is 30.3 Å². The fourth-order valence-electron chi connectivity index (χ4n) is 2.72. The molecule has 0 radical (unpaired) electrons. The molecule has 1 aromatic heterocycles. The van der Waals surface area contributed by atoms with E-state index in [0.717, 1.165) is 16.2 Å². The van der Waals surface area contributed by atoms with E-state index in [4.69, 9.17) is 4.74 Å². The van der Waals surface area contributed by atoms with Crippen LogP contribution in [0.1, 0.15) is 23.0 Å². The van der Waals surface area contributed by atoms with Crippen LogP contribution in [0.15, 0.2) is 42.5 Å². The molecular weight excluding hydrogens is 334 g/mol. The third-order valence-electron chi connectivity index (χ3n) is 4.13. The number of ether oxygens (including phenoxy) is 1. The van der Waals surface area contributed by atoms with Gasteiger partial charge >= 0.3 is 12.0 Å². The minimum atomic E-state index is -1.06. The van der Waals surface area contributed by atoms with Crippen molar-refractivity contribution in [2.45, 2.75) is 20.0 Å². The number of aryl methyl sites for hydroxylation is 1. The molecule has 1 atom stereocenters.